The molecule has 0 bridgehead atoms. The van der Waals surface area contributed by atoms with Gasteiger partial charge in [0.15, 0.2) is 0 Å². The number of aliphatic hydroxyl groups is 1. The van der Waals surface area contributed by atoms with Crippen LogP contribution in [0.1, 0.15) is 99.3 Å². The topological polar surface area (TPSA) is 126 Å². The normalized spacial score (nSPS) is 47.6. The van der Waals surface area contributed by atoms with Crippen molar-refractivity contribution in [1.29, 1.82) is 0 Å². The Morgan fingerprint density at radius 2 is 1.65 bits per heavy atom. The van der Waals surface area contributed by atoms with E-state index in [1.807, 2.05) is 0 Å². The monoisotopic (exact) mass is 670 g/mol. The Morgan fingerprint density at radius 1 is 0.917 bits per heavy atom. The SMILES string of the molecule is CC(C)C(OC(=O)N1CCC1)C1C[C@@H](C)[C@H]2C(O1)[C@H](O)C1C3CC[C@H]4C(C)(C)C(OC(=O)N5CC(C(=O)O)C5)CCC45CC35CCC12C. The number of amides is 2. The molecule has 268 valence electrons. The van der Waals surface area contributed by atoms with Gasteiger partial charge in [-0.1, -0.05) is 41.5 Å². The van der Waals surface area contributed by atoms with Crippen molar-refractivity contribution in [3.05, 3.63) is 0 Å². The van der Waals surface area contributed by atoms with Crippen molar-refractivity contribution in [1.82, 2.24) is 9.80 Å². The third-order valence-corrected chi connectivity index (χ3v) is 16.0. The second-order valence-electron chi connectivity index (χ2n) is 18.7. The van der Waals surface area contributed by atoms with Crippen molar-refractivity contribution >= 4 is 18.2 Å². The summed E-state index contributed by atoms with van der Waals surface area (Å²) in [5.74, 6) is 0.524. The van der Waals surface area contributed by atoms with Crippen molar-refractivity contribution in [3.8, 4) is 0 Å². The molecule has 3 saturated heterocycles. The summed E-state index contributed by atoms with van der Waals surface area (Å²) in [5.41, 5.74) is 0.288. The van der Waals surface area contributed by atoms with Crippen LogP contribution in [-0.2, 0) is 19.0 Å². The van der Waals surface area contributed by atoms with E-state index in [0.29, 0.717) is 17.8 Å². The number of hydrogen-bond acceptors (Lipinski definition) is 7. The Morgan fingerprint density at radius 3 is 2.29 bits per heavy atom. The van der Waals surface area contributed by atoms with Crippen LogP contribution in [0.25, 0.3) is 0 Å². The van der Waals surface area contributed by atoms with Gasteiger partial charge in [0.25, 0.3) is 0 Å². The predicted octanol–water partition coefficient (Wildman–Crippen LogP) is 5.80. The first-order valence-corrected chi connectivity index (χ1v) is 19.1. The summed E-state index contributed by atoms with van der Waals surface area (Å²) in [4.78, 5) is 40.5. The average Bonchev–Trinajstić information content (AvgIpc) is 3.56. The van der Waals surface area contributed by atoms with Crippen LogP contribution in [0, 0.1) is 63.1 Å². The molecule has 0 aromatic heterocycles. The Labute approximate surface area is 285 Å². The fourth-order valence-electron chi connectivity index (χ4n) is 13.6. The number of fused-ring (bicyclic) bond motifs is 4. The predicted molar refractivity (Wildman–Crippen MR) is 176 cm³/mol. The number of aliphatic carboxylic acids is 1. The van der Waals surface area contributed by atoms with Gasteiger partial charge in [-0.2, -0.15) is 0 Å². The van der Waals surface area contributed by atoms with Gasteiger partial charge in [0.2, 0.25) is 0 Å². The third kappa shape index (κ3) is 4.45. The lowest BCUT2D eigenvalue weighted by Gasteiger charge is -2.60. The number of ether oxygens (including phenoxy) is 3. The minimum atomic E-state index is -0.853. The van der Waals surface area contributed by atoms with Crippen LogP contribution in [0.2, 0.25) is 0 Å². The van der Waals surface area contributed by atoms with Gasteiger partial charge in [0.1, 0.15) is 12.2 Å². The molecule has 48 heavy (non-hydrogen) atoms. The summed E-state index contributed by atoms with van der Waals surface area (Å²) in [6, 6.07) is 0. The Bertz CT molecular complexity index is 1340. The fourth-order valence-corrected chi connectivity index (χ4v) is 13.6. The van der Waals surface area contributed by atoms with E-state index in [1.54, 1.807) is 4.90 Å². The van der Waals surface area contributed by atoms with Crippen LogP contribution >= 0.6 is 0 Å². The maximum absolute atomic E-state index is 13.0. The van der Waals surface area contributed by atoms with Crippen LogP contribution < -0.4 is 0 Å². The lowest BCUT2D eigenvalue weighted by atomic mass is 9.46. The molecular formula is C38H58N2O8. The molecule has 9 unspecified atom stereocenters. The molecule has 10 heteroatoms. The summed E-state index contributed by atoms with van der Waals surface area (Å²) in [7, 11) is 0. The van der Waals surface area contributed by atoms with Crippen molar-refractivity contribution in [2.75, 3.05) is 26.2 Å². The molecule has 3 aliphatic heterocycles. The summed E-state index contributed by atoms with van der Waals surface area (Å²) in [5, 5.41) is 21.6. The molecule has 2 amide bonds. The number of aliphatic hydroxyl groups excluding tert-OH is 1. The van der Waals surface area contributed by atoms with E-state index in [-0.39, 0.29) is 89.1 Å². The largest absolute Gasteiger partial charge is 0.481 e. The highest BCUT2D eigenvalue weighted by Crippen LogP contribution is 2.87. The van der Waals surface area contributed by atoms with Crippen molar-refractivity contribution < 1.29 is 38.8 Å². The second-order valence-corrected chi connectivity index (χ2v) is 18.7. The number of rotatable bonds is 5. The first-order valence-electron chi connectivity index (χ1n) is 19.1. The molecule has 3 heterocycles. The van der Waals surface area contributed by atoms with Crippen molar-refractivity contribution in [2.24, 2.45) is 63.1 Å². The number of carbonyl (C=O) groups is 3. The molecule has 2 spiro atoms. The number of carbonyl (C=O) groups excluding carboxylic acids is 2. The Kier molecular flexibility index (Phi) is 7.56. The fraction of sp³-hybridized carbons (Fsp3) is 0.921. The molecule has 8 rings (SSSR count). The molecule has 0 aromatic rings. The number of hydrogen-bond donors (Lipinski definition) is 2. The van der Waals surface area contributed by atoms with Gasteiger partial charge in [0, 0.05) is 31.6 Å². The van der Waals surface area contributed by atoms with Gasteiger partial charge >= 0.3 is 18.2 Å². The van der Waals surface area contributed by atoms with Crippen molar-refractivity contribution in [2.45, 2.75) is 130 Å². The molecule has 0 aromatic carbocycles. The first-order chi connectivity index (χ1) is 22.6. The Balaban J connectivity index is 0.987. The minimum Gasteiger partial charge on any atom is -0.481 e. The summed E-state index contributed by atoms with van der Waals surface area (Å²) >= 11 is 0. The Hall–Kier alpha value is -2.07. The molecule has 13 atom stereocenters. The highest BCUT2D eigenvalue weighted by atomic mass is 16.6. The first kappa shape index (κ1) is 33.1. The van der Waals surface area contributed by atoms with E-state index in [4.69, 9.17) is 14.2 Å². The lowest BCUT2D eigenvalue weighted by Crippen LogP contribution is -2.58. The standard InChI is InChI=1S/C38H58N2O8/c1-20(2)30(48-33(44)39-14-7-15-39)24-16-21(3)27-31(46-24)29(41)28-23-8-9-25-35(4,5)26(47-34(45)40-17-22(18-40)32(42)43)10-11-38(25)19-37(23,38)13-12-36(27,28)6/h20-31,41H,7-19H2,1-6H3,(H,42,43)/t21-,23?,24?,25+,26?,27+,28?,29-,30?,31?,36?,37?,38?/m1/s1. The minimum absolute atomic E-state index is 0.00984. The van der Waals surface area contributed by atoms with Crippen LogP contribution in [0.3, 0.4) is 0 Å². The van der Waals surface area contributed by atoms with Gasteiger partial charge in [-0.05, 0) is 110 Å². The van der Waals surface area contributed by atoms with Gasteiger partial charge in [-0.15, -0.1) is 0 Å². The quantitative estimate of drug-likeness (QED) is 0.376. The van der Waals surface area contributed by atoms with E-state index >= 15 is 0 Å². The van der Waals surface area contributed by atoms with Gasteiger partial charge in [-0.25, -0.2) is 9.59 Å². The number of carboxylic acids is 1. The molecule has 8 aliphatic rings. The van der Waals surface area contributed by atoms with Gasteiger partial charge in [-0.3, -0.25) is 4.79 Å². The van der Waals surface area contributed by atoms with Crippen LogP contribution in [0.5, 0.6) is 0 Å². The molecule has 10 nitrogen and oxygen atoms in total. The van der Waals surface area contributed by atoms with Gasteiger partial charge < -0.3 is 34.2 Å². The molecule has 0 radical (unpaired) electrons. The summed E-state index contributed by atoms with van der Waals surface area (Å²) in [6.07, 6.45) is 7.33. The number of likely N-dealkylation sites (tertiary alicyclic amines) is 2. The zero-order valence-corrected chi connectivity index (χ0v) is 29.9. The van der Waals surface area contributed by atoms with Crippen LogP contribution in [0.15, 0.2) is 0 Å². The van der Waals surface area contributed by atoms with Crippen molar-refractivity contribution in [3.63, 3.8) is 0 Å². The summed E-state index contributed by atoms with van der Waals surface area (Å²) < 4.78 is 19.2. The van der Waals surface area contributed by atoms with E-state index in [9.17, 15) is 24.6 Å². The smallest absolute Gasteiger partial charge is 0.410 e. The molecule has 5 aliphatic carbocycles. The van der Waals surface area contributed by atoms with E-state index in [0.717, 1.165) is 58.0 Å². The molecule has 2 N–H and O–H groups in total. The maximum Gasteiger partial charge on any atom is 0.410 e. The zero-order valence-electron chi connectivity index (χ0n) is 29.9. The highest BCUT2D eigenvalue weighted by molar-refractivity contribution is 5.76. The number of carboxylic acid groups (broad SMARTS) is 1. The second kappa shape index (κ2) is 11.0. The van der Waals surface area contributed by atoms with E-state index < -0.39 is 18.0 Å². The lowest BCUT2D eigenvalue weighted by molar-refractivity contribution is -0.180. The third-order valence-electron chi connectivity index (χ3n) is 16.0. The van der Waals surface area contributed by atoms with Crippen LogP contribution in [0.4, 0.5) is 9.59 Å². The zero-order chi connectivity index (χ0) is 34.1. The van der Waals surface area contributed by atoms with E-state index in [1.165, 1.54) is 17.7 Å². The van der Waals surface area contributed by atoms with Gasteiger partial charge in [0.05, 0.1) is 24.2 Å². The van der Waals surface area contributed by atoms with E-state index in [2.05, 4.69) is 41.5 Å². The number of nitrogens with zero attached hydrogens (tertiary/aromatic N) is 2. The molecular weight excluding hydrogens is 612 g/mol. The van der Waals surface area contributed by atoms with Crippen LogP contribution in [-0.4, -0.2) is 94.9 Å². The highest BCUT2D eigenvalue weighted by Gasteiger charge is 2.82. The molecule has 8 fully saturated rings. The average molecular weight is 671 g/mol. The maximum atomic E-state index is 13.0. The summed E-state index contributed by atoms with van der Waals surface area (Å²) in [6.45, 7) is 15.6. The molecule has 5 saturated carbocycles.